The number of fused-ring (bicyclic) bond motifs is 4. The molecule has 124 valence electrons. The minimum atomic E-state index is -1.56. The van der Waals surface area contributed by atoms with E-state index in [1.807, 2.05) is 36.4 Å². The molecule has 0 saturated heterocycles. The van der Waals surface area contributed by atoms with Gasteiger partial charge in [0.15, 0.2) is 5.82 Å². The highest BCUT2D eigenvalue weighted by Gasteiger charge is 2.43. The summed E-state index contributed by atoms with van der Waals surface area (Å²) in [6, 6.07) is 14.5. The molecule has 4 heteroatoms. The summed E-state index contributed by atoms with van der Waals surface area (Å²) in [6.45, 7) is 2.10. The summed E-state index contributed by atoms with van der Waals surface area (Å²) in [6.07, 6.45) is 2.73. The number of benzene rings is 2. The van der Waals surface area contributed by atoms with Gasteiger partial charge in [0.05, 0.1) is 16.6 Å². The number of rotatable bonds is 2. The van der Waals surface area contributed by atoms with E-state index in [1.165, 1.54) is 4.57 Å². The predicted molar refractivity (Wildman–Crippen MR) is 97.6 cm³/mol. The fourth-order valence-corrected chi connectivity index (χ4v) is 3.27. The second kappa shape index (κ2) is 5.87. The summed E-state index contributed by atoms with van der Waals surface area (Å²) in [5.41, 5.74) is 0.0830. The van der Waals surface area contributed by atoms with Crippen LogP contribution in [-0.4, -0.2) is 14.7 Å². The molecule has 0 spiro atoms. The molecular formula is C21H18N2O2. The Bertz CT molecular complexity index is 1090. The van der Waals surface area contributed by atoms with Gasteiger partial charge < -0.3 is 5.11 Å². The molecule has 0 aliphatic carbocycles. The molecular weight excluding hydrogens is 312 g/mol. The van der Waals surface area contributed by atoms with E-state index in [2.05, 4.69) is 23.7 Å². The number of nitrogens with zero attached hydrogens (tertiary/aromatic N) is 2. The van der Waals surface area contributed by atoms with Crippen LogP contribution >= 0.6 is 0 Å². The molecule has 25 heavy (non-hydrogen) atoms. The zero-order valence-corrected chi connectivity index (χ0v) is 14.0. The summed E-state index contributed by atoms with van der Waals surface area (Å²) in [5.74, 6) is 6.32. The van der Waals surface area contributed by atoms with Gasteiger partial charge in [0.25, 0.3) is 5.56 Å². The number of unbranched alkanes of at least 4 members (excludes halogenated alkanes) is 2. The zero-order valence-electron chi connectivity index (χ0n) is 14.0. The standard InChI is InChI=1S/C21H18N2O2/c1-2-3-4-9-14-21(25)16-11-6-8-13-18(16)23-19(24)15-10-5-7-12-17(15)22-20(21)23/h5-8,10-13,25H,2-4H2,1H3. The third kappa shape index (κ3) is 2.28. The van der Waals surface area contributed by atoms with E-state index in [4.69, 9.17) is 0 Å². The van der Waals surface area contributed by atoms with Gasteiger partial charge in [-0.2, -0.15) is 0 Å². The number of para-hydroxylation sites is 2. The second-order valence-electron chi connectivity index (χ2n) is 6.23. The second-order valence-corrected chi connectivity index (χ2v) is 6.23. The van der Waals surface area contributed by atoms with Crippen LogP contribution in [0.4, 0.5) is 0 Å². The van der Waals surface area contributed by atoms with E-state index in [-0.39, 0.29) is 11.4 Å². The highest BCUT2D eigenvalue weighted by Crippen LogP contribution is 2.39. The van der Waals surface area contributed by atoms with E-state index in [1.54, 1.807) is 12.1 Å². The van der Waals surface area contributed by atoms with Crippen molar-refractivity contribution in [2.75, 3.05) is 0 Å². The van der Waals surface area contributed by atoms with Crippen LogP contribution < -0.4 is 5.56 Å². The quantitative estimate of drug-likeness (QED) is 0.580. The Hall–Kier alpha value is -2.90. The minimum absolute atomic E-state index is 0.181. The van der Waals surface area contributed by atoms with E-state index in [0.29, 0.717) is 28.6 Å². The third-order valence-corrected chi connectivity index (χ3v) is 4.56. The van der Waals surface area contributed by atoms with Crippen LogP contribution in [0.2, 0.25) is 0 Å². The Morgan fingerprint density at radius 1 is 1.16 bits per heavy atom. The van der Waals surface area contributed by atoms with Crippen LogP contribution in [0.5, 0.6) is 0 Å². The van der Waals surface area contributed by atoms with Crippen molar-refractivity contribution >= 4 is 10.9 Å². The van der Waals surface area contributed by atoms with E-state index in [0.717, 1.165) is 12.8 Å². The largest absolute Gasteiger partial charge is 0.367 e. The molecule has 0 radical (unpaired) electrons. The third-order valence-electron chi connectivity index (χ3n) is 4.56. The highest BCUT2D eigenvalue weighted by molar-refractivity contribution is 5.79. The predicted octanol–water partition coefficient (Wildman–Crippen LogP) is 3.13. The van der Waals surface area contributed by atoms with Gasteiger partial charge >= 0.3 is 0 Å². The maximum atomic E-state index is 13.0. The molecule has 4 rings (SSSR count). The first-order valence-corrected chi connectivity index (χ1v) is 8.51. The molecule has 1 unspecified atom stereocenters. The fraction of sp³-hybridized carbons (Fsp3) is 0.238. The first-order chi connectivity index (χ1) is 12.2. The lowest BCUT2D eigenvalue weighted by Gasteiger charge is -2.16. The Morgan fingerprint density at radius 3 is 2.76 bits per heavy atom. The Morgan fingerprint density at radius 2 is 1.92 bits per heavy atom. The van der Waals surface area contributed by atoms with Crippen LogP contribution in [0.15, 0.2) is 53.3 Å². The lowest BCUT2D eigenvalue weighted by atomic mass is 9.95. The summed E-state index contributed by atoms with van der Waals surface area (Å²) >= 11 is 0. The van der Waals surface area contributed by atoms with Crippen molar-refractivity contribution in [1.29, 1.82) is 0 Å². The average Bonchev–Trinajstić information content (AvgIpc) is 2.89. The average molecular weight is 330 g/mol. The summed E-state index contributed by atoms with van der Waals surface area (Å²) in [7, 11) is 0. The maximum absolute atomic E-state index is 13.0. The summed E-state index contributed by atoms with van der Waals surface area (Å²) < 4.78 is 1.49. The van der Waals surface area contributed by atoms with Gasteiger partial charge in [0, 0.05) is 12.0 Å². The van der Waals surface area contributed by atoms with E-state index < -0.39 is 5.60 Å². The van der Waals surface area contributed by atoms with Gasteiger partial charge in [0.1, 0.15) is 0 Å². The highest BCUT2D eigenvalue weighted by atomic mass is 16.3. The SMILES string of the molecule is CCCCC#CC1(O)c2ccccc2-n2c1nc1ccccc1c2=O. The molecule has 1 N–H and O–H groups in total. The normalized spacial score (nSPS) is 17.7. The Kier molecular flexibility index (Phi) is 3.67. The topological polar surface area (TPSA) is 55.1 Å². The molecule has 0 amide bonds. The number of aliphatic hydroxyl groups is 1. The van der Waals surface area contributed by atoms with Crippen LogP contribution in [0.25, 0.3) is 16.6 Å². The van der Waals surface area contributed by atoms with Crippen molar-refractivity contribution < 1.29 is 5.11 Å². The van der Waals surface area contributed by atoms with E-state index in [9.17, 15) is 9.90 Å². The van der Waals surface area contributed by atoms with Crippen molar-refractivity contribution in [3.8, 4) is 17.5 Å². The first-order valence-electron chi connectivity index (χ1n) is 8.51. The first kappa shape index (κ1) is 15.6. The van der Waals surface area contributed by atoms with Gasteiger partial charge in [-0.05, 0) is 24.6 Å². The Balaban J connectivity index is 2.03. The molecule has 1 aromatic heterocycles. The number of aromatic nitrogens is 2. The number of hydrogen-bond donors (Lipinski definition) is 1. The van der Waals surface area contributed by atoms with Gasteiger partial charge in [-0.25, -0.2) is 4.98 Å². The Labute approximate surface area is 145 Å². The van der Waals surface area contributed by atoms with Crippen LogP contribution in [-0.2, 0) is 5.60 Å². The van der Waals surface area contributed by atoms with Gasteiger partial charge in [0.2, 0.25) is 5.60 Å². The van der Waals surface area contributed by atoms with Crippen LogP contribution in [0.1, 0.15) is 37.6 Å². The monoisotopic (exact) mass is 330 g/mol. The smallest absolute Gasteiger partial charge is 0.266 e. The van der Waals surface area contributed by atoms with E-state index >= 15 is 0 Å². The van der Waals surface area contributed by atoms with Gasteiger partial charge in [-0.1, -0.05) is 55.5 Å². The van der Waals surface area contributed by atoms with Gasteiger partial charge in [-0.15, -0.1) is 0 Å². The lowest BCUT2D eigenvalue weighted by molar-refractivity contribution is 0.141. The molecule has 0 saturated carbocycles. The summed E-state index contributed by atoms with van der Waals surface area (Å²) in [5, 5.41) is 11.9. The number of hydrogen-bond acceptors (Lipinski definition) is 3. The van der Waals surface area contributed by atoms with Gasteiger partial charge in [-0.3, -0.25) is 9.36 Å². The molecule has 1 aliphatic rings. The van der Waals surface area contributed by atoms with Crippen LogP contribution in [0, 0.1) is 11.8 Å². The molecule has 0 bridgehead atoms. The summed E-state index contributed by atoms with van der Waals surface area (Å²) in [4.78, 5) is 17.6. The van der Waals surface area contributed by atoms with Crippen molar-refractivity contribution in [3.63, 3.8) is 0 Å². The maximum Gasteiger partial charge on any atom is 0.266 e. The molecule has 2 aromatic carbocycles. The lowest BCUT2D eigenvalue weighted by Crippen LogP contribution is -2.28. The molecule has 0 fully saturated rings. The molecule has 1 aliphatic heterocycles. The van der Waals surface area contributed by atoms with Crippen molar-refractivity contribution in [2.24, 2.45) is 0 Å². The van der Waals surface area contributed by atoms with Crippen molar-refractivity contribution in [1.82, 2.24) is 9.55 Å². The molecule has 3 aromatic rings. The van der Waals surface area contributed by atoms with Crippen molar-refractivity contribution in [3.05, 3.63) is 70.3 Å². The minimum Gasteiger partial charge on any atom is -0.367 e. The van der Waals surface area contributed by atoms with Crippen LogP contribution in [0.3, 0.4) is 0 Å². The molecule has 1 atom stereocenters. The zero-order chi connectivity index (χ0) is 17.4. The van der Waals surface area contributed by atoms with Crippen molar-refractivity contribution in [2.45, 2.75) is 31.8 Å². The fourth-order valence-electron chi connectivity index (χ4n) is 3.27. The molecule has 4 nitrogen and oxygen atoms in total. The molecule has 2 heterocycles.